The van der Waals surface area contributed by atoms with E-state index in [0.29, 0.717) is 11.6 Å². The normalized spacial score (nSPS) is 14.7. The van der Waals surface area contributed by atoms with Gasteiger partial charge in [0.05, 0.1) is 0 Å². The Labute approximate surface area is 199 Å². The van der Waals surface area contributed by atoms with Gasteiger partial charge in [-0.05, 0) is 60.9 Å². The summed E-state index contributed by atoms with van der Waals surface area (Å²) in [5.41, 5.74) is 2.75. The van der Waals surface area contributed by atoms with Crippen LogP contribution in [0.2, 0.25) is 0 Å². The third kappa shape index (κ3) is 6.07. The number of rotatable bonds is 8. The quantitative estimate of drug-likeness (QED) is 0.349. The third-order valence-electron chi connectivity index (χ3n) is 6.41. The highest BCUT2D eigenvalue weighted by atomic mass is 19.4. The Morgan fingerprint density at radius 3 is 2.38 bits per heavy atom. The van der Waals surface area contributed by atoms with Crippen molar-refractivity contribution in [2.45, 2.75) is 70.4 Å². The summed E-state index contributed by atoms with van der Waals surface area (Å²) in [4.78, 5) is 8.15. The molecule has 3 aromatic rings. The van der Waals surface area contributed by atoms with Crippen LogP contribution in [0.25, 0.3) is 0 Å². The van der Waals surface area contributed by atoms with Crippen LogP contribution in [0.15, 0.2) is 54.7 Å². The van der Waals surface area contributed by atoms with Gasteiger partial charge in [-0.1, -0.05) is 62.9 Å². The molecule has 4 rings (SSSR count). The van der Waals surface area contributed by atoms with Gasteiger partial charge in [0, 0.05) is 17.6 Å². The summed E-state index contributed by atoms with van der Waals surface area (Å²) >= 11 is 0. The highest BCUT2D eigenvalue weighted by Gasteiger charge is 2.35. The minimum absolute atomic E-state index is 0.118. The van der Waals surface area contributed by atoms with E-state index in [9.17, 15) is 13.2 Å². The molecule has 0 spiro atoms. The van der Waals surface area contributed by atoms with Crippen LogP contribution in [0.1, 0.15) is 74.5 Å². The number of aryl methyl sites for hydroxylation is 1. The smallest absolute Gasteiger partial charge is 0.339 e. The van der Waals surface area contributed by atoms with Crippen LogP contribution < -0.4 is 10.6 Å². The molecular weight excluding hydrogens is 437 g/mol. The molecule has 7 heteroatoms. The van der Waals surface area contributed by atoms with Crippen LogP contribution in [0, 0.1) is 0 Å². The van der Waals surface area contributed by atoms with Crippen LogP contribution in [-0.2, 0) is 12.6 Å². The van der Waals surface area contributed by atoms with Crippen molar-refractivity contribution in [2.75, 3.05) is 10.6 Å². The zero-order chi connectivity index (χ0) is 24.0. The Hall–Kier alpha value is -3.09. The van der Waals surface area contributed by atoms with Gasteiger partial charge in [-0.2, -0.15) is 18.2 Å². The molecule has 1 fully saturated rings. The SMILES string of the molecule is CCCCc1ccccc1Nc1nc(Nc2ccc(C3CCCCC3)cc2)ncc1C(F)(F)F. The van der Waals surface area contributed by atoms with E-state index in [1.807, 2.05) is 24.3 Å². The molecule has 0 amide bonds. The zero-order valence-corrected chi connectivity index (χ0v) is 19.5. The lowest BCUT2D eigenvalue weighted by Gasteiger charge is -2.22. The van der Waals surface area contributed by atoms with Crippen molar-refractivity contribution in [1.29, 1.82) is 0 Å². The van der Waals surface area contributed by atoms with Crippen LogP contribution in [0.4, 0.5) is 36.3 Å². The van der Waals surface area contributed by atoms with Crippen molar-refractivity contribution in [3.8, 4) is 0 Å². The maximum Gasteiger partial charge on any atom is 0.421 e. The summed E-state index contributed by atoms with van der Waals surface area (Å²) < 4.78 is 41.1. The van der Waals surface area contributed by atoms with E-state index in [2.05, 4.69) is 39.7 Å². The number of hydrogen-bond donors (Lipinski definition) is 2. The molecule has 1 aliphatic rings. The molecule has 180 valence electrons. The van der Waals surface area contributed by atoms with Gasteiger partial charge in [0.25, 0.3) is 0 Å². The second-order valence-corrected chi connectivity index (χ2v) is 8.92. The summed E-state index contributed by atoms with van der Waals surface area (Å²) in [6.07, 6.45) is 5.27. The monoisotopic (exact) mass is 468 g/mol. The van der Waals surface area contributed by atoms with E-state index in [1.165, 1.54) is 37.7 Å². The first-order chi connectivity index (χ1) is 16.4. The number of halogens is 3. The molecule has 1 aromatic heterocycles. The van der Waals surface area contributed by atoms with Crippen LogP contribution >= 0.6 is 0 Å². The molecule has 0 unspecified atom stereocenters. The lowest BCUT2D eigenvalue weighted by atomic mass is 9.84. The molecule has 34 heavy (non-hydrogen) atoms. The Bertz CT molecular complexity index is 1070. The van der Waals surface area contributed by atoms with Gasteiger partial charge in [-0.25, -0.2) is 4.98 Å². The second-order valence-electron chi connectivity index (χ2n) is 8.92. The Balaban J connectivity index is 1.56. The van der Waals surface area contributed by atoms with Crippen molar-refractivity contribution in [3.63, 3.8) is 0 Å². The van der Waals surface area contributed by atoms with E-state index in [4.69, 9.17) is 0 Å². The van der Waals surface area contributed by atoms with Crippen molar-refractivity contribution in [3.05, 3.63) is 71.4 Å². The number of para-hydroxylation sites is 1. The van der Waals surface area contributed by atoms with Crippen LogP contribution in [0.3, 0.4) is 0 Å². The van der Waals surface area contributed by atoms with Gasteiger partial charge < -0.3 is 10.6 Å². The molecule has 0 bridgehead atoms. The molecule has 1 heterocycles. The number of nitrogens with zero attached hydrogens (tertiary/aromatic N) is 2. The second kappa shape index (κ2) is 10.9. The van der Waals surface area contributed by atoms with Gasteiger partial charge in [0.1, 0.15) is 11.4 Å². The van der Waals surface area contributed by atoms with Gasteiger partial charge in [0.2, 0.25) is 5.95 Å². The number of aromatic nitrogens is 2. The van der Waals surface area contributed by atoms with E-state index in [-0.39, 0.29) is 11.8 Å². The van der Waals surface area contributed by atoms with Gasteiger partial charge in [-0.3, -0.25) is 0 Å². The predicted molar refractivity (Wildman–Crippen MR) is 131 cm³/mol. The summed E-state index contributed by atoms with van der Waals surface area (Å²) in [6, 6.07) is 15.5. The van der Waals surface area contributed by atoms with E-state index >= 15 is 0 Å². The lowest BCUT2D eigenvalue weighted by Crippen LogP contribution is -2.13. The Kier molecular flexibility index (Phi) is 7.70. The van der Waals surface area contributed by atoms with E-state index < -0.39 is 11.7 Å². The maximum atomic E-state index is 13.7. The minimum atomic E-state index is -4.57. The first kappa shape index (κ1) is 24.0. The highest BCUT2D eigenvalue weighted by molar-refractivity contribution is 5.65. The Morgan fingerprint density at radius 1 is 0.941 bits per heavy atom. The molecular formula is C27H31F3N4. The third-order valence-corrected chi connectivity index (χ3v) is 6.41. The zero-order valence-electron chi connectivity index (χ0n) is 19.5. The summed E-state index contributed by atoms with van der Waals surface area (Å²) in [7, 11) is 0. The predicted octanol–water partition coefficient (Wildman–Crippen LogP) is 8.37. The average molecular weight is 469 g/mol. The number of anilines is 4. The molecule has 0 aliphatic heterocycles. The number of nitrogens with one attached hydrogen (secondary N) is 2. The fourth-order valence-corrected chi connectivity index (χ4v) is 4.50. The first-order valence-corrected chi connectivity index (χ1v) is 12.1. The number of benzene rings is 2. The standard InChI is InChI=1S/C27H31F3N4/c1-2-3-9-21-12-7-8-13-24(21)33-25-23(27(28,29)30)18-31-26(34-25)32-22-16-14-20(15-17-22)19-10-5-4-6-11-19/h7-8,12-19H,2-6,9-11H2,1H3,(H2,31,32,33,34). The van der Waals surface area contributed by atoms with Gasteiger partial charge in [0.15, 0.2) is 0 Å². The summed E-state index contributed by atoms with van der Waals surface area (Å²) in [5.74, 6) is 0.452. The molecule has 0 atom stereocenters. The number of hydrogen-bond acceptors (Lipinski definition) is 4. The summed E-state index contributed by atoms with van der Waals surface area (Å²) in [5, 5.41) is 5.98. The molecule has 2 N–H and O–H groups in total. The molecule has 1 aliphatic carbocycles. The average Bonchev–Trinajstić information content (AvgIpc) is 2.84. The fraction of sp³-hybridized carbons (Fsp3) is 0.407. The summed E-state index contributed by atoms with van der Waals surface area (Å²) in [6.45, 7) is 2.09. The Morgan fingerprint density at radius 2 is 1.68 bits per heavy atom. The topological polar surface area (TPSA) is 49.8 Å². The molecule has 1 saturated carbocycles. The number of unbranched alkanes of at least 4 members (excludes halogenated alkanes) is 1. The van der Waals surface area contributed by atoms with E-state index in [0.717, 1.165) is 36.7 Å². The van der Waals surface area contributed by atoms with Crippen molar-refractivity contribution < 1.29 is 13.2 Å². The van der Waals surface area contributed by atoms with Crippen LogP contribution in [-0.4, -0.2) is 9.97 Å². The van der Waals surface area contributed by atoms with Crippen molar-refractivity contribution in [2.24, 2.45) is 0 Å². The van der Waals surface area contributed by atoms with Crippen molar-refractivity contribution in [1.82, 2.24) is 9.97 Å². The van der Waals surface area contributed by atoms with Gasteiger partial charge in [-0.15, -0.1) is 0 Å². The molecule has 4 nitrogen and oxygen atoms in total. The fourth-order valence-electron chi connectivity index (χ4n) is 4.50. The minimum Gasteiger partial charge on any atom is -0.339 e. The molecule has 0 saturated heterocycles. The van der Waals surface area contributed by atoms with Crippen LogP contribution in [0.5, 0.6) is 0 Å². The van der Waals surface area contributed by atoms with Gasteiger partial charge >= 0.3 is 6.18 Å². The highest BCUT2D eigenvalue weighted by Crippen LogP contribution is 2.36. The largest absolute Gasteiger partial charge is 0.421 e. The molecule has 0 radical (unpaired) electrons. The first-order valence-electron chi connectivity index (χ1n) is 12.1. The van der Waals surface area contributed by atoms with E-state index in [1.54, 1.807) is 12.1 Å². The molecule has 2 aromatic carbocycles. The lowest BCUT2D eigenvalue weighted by molar-refractivity contribution is -0.137. The maximum absolute atomic E-state index is 13.7. The van der Waals surface area contributed by atoms with Crippen molar-refractivity contribution >= 4 is 23.1 Å². The number of alkyl halides is 3.